The maximum Gasteiger partial charge on any atom is 0.127 e. The van der Waals surface area contributed by atoms with Crippen molar-refractivity contribution in [1.82, 2.24) is 4.90 Å². The van der Waals surface area contributed by atoms with Gasteiger partial charge in [0.2, 0.25) is 0 Å². The zero-order valence-electron chi connectivity index (χ0n) is 10.4. The molecule has 0 aromatic heterocycles. The molecule has 0 N–H and O–H groups in total. The number of nitrogens with zero attached hydrogens (tertiary/aromatic N) is 1. The summed E-state index contributed by atoms with van der Waals surface area (Å²) < 4.78 is 10.6. The first-order valence-corrected chi connectivity index (χ1v) is 6.47. The number of ether oxygens (including phenoxy) is 2. The lowest BCUT2D eigenvalue weighted by Gasteiger charge is -2.17. The molecule has 1 aromatic rings. The van der Waals surface area contributed by atoms with Gasteiger partial charge >= 0.3 is 0 Å². The van der Waals surface area contributed by atoms with E-state index in [4.69, 9.17) is 9.47 Å². The van der Waals surface area contributed by atoms with Gasteiger partial charge in [0.05, 0.1) is 20.1 Å². The quantitative estimate of drug-likeness (QED) is 0.819. The lowest BCUT2D eigenvalue weighted by atomic mass is 10.2. The standard InChI is InChI=1S/C13H17NO2S/c1-10-7-14(9-17-10)8-11-4-5-12(15-2)6-13(11)16-3/h4-7H,8-9H2,1-3H3. The third kappa shape index (κ3) is 2.88. The molecular weight excluding hydrogens is 234 g/mol. The van der Waals surface area contributed by atoms with Crippen LogP contribution in [0.25, 0.3) is 0 Å². The zero-order chi connectivity index (χ0) is 12.3. The van der Waals surface area contributed by atoms with Crippen LogP contribution < -0.4 is 9.47 Å². The summed E-state index contributed by atoms with van der Waals surface area (Å²) in [6, 6.07) is 5.95. The average Bonchev–Trinajstić information content (AvgIpc) is 2.75. The lowest BCUT2D eigenvalue weighted by molar-refractivity contribution is 0.377. The van der Waals surface area contributed by atoms with Crippen LogP contribution in [0.2, 0.25) is 0 Å². The molecule has 0 bridgehead atoms. The second-order valence-corrected chi connectivity index (χ2v) is 5.13. The van der Waals surface area contributed by atoms with E-state index in [9.17, 15) is 0 Å². The second kappa shape index (κ2) is 5.36. The van der Waals surface area contributed by atoms with Gasteiger partial charge in [-0.05, 0) is 24.0 Å². The smallest absolute Gasteiger partial charge is 0.127 e. The fourth-order valence-corrected chi connectivity index (χ4v) is 2.57. The molecule has 0 unspecified atom stereocenters. The van der Waals surface area contributed by atoms with E-state index in [0.717, 1.165) is 23.9 Å². The van der Waals surface area contributed by atoms with E-state index in [1.54, 1.807) is 14.2 Å². The molecule has 1 aliphatic rings. The molecule has 92 valence electrons. The van der Waals surface area contributed by atoms with Gasteiger partial charge in [0.15, 0.2) is 0 Å². The molecule has 0 radical (unpaired) electrons. The molecule has 0 amide bonds. The van der Waals surface area contributed by atoms with Crippen molar-refractivity contribution in [2.75, 3.05) is 20.1 Å². The third-order valence-corrected chi connectivity index (χ3v) is 3.71. The van der Waals surface area contributed by atoms with Gasteiger partial charge in [-0.25, -0.2) is 0 Å². The van der Waals surface area contributed by atoms with Gasteiger partial charge in [-0.15, -0.1) is 11.8 Å². The van der Waals surface area contributed by atoms with Gasteiger partial charge in [0.25, 0.3) is 0 Å². The molecule has 1 heterocycles. The summed E-state index contributed by atoms with van der Waals surface area (Å²) in [7, 11) is 3.36. The molecule has 0 saturated carbocycles. The Morgan fingerprint density at radius 2 is 2.12 bits per heavy atom. The highest BCUT2D eigenvalue weighted by Crippen LogP contribution is 2.30. The number of hydrogen-bond acceptors (Lipinski definition) is 4. The lowest BCUT2D eigenvalue weighted by Crippen LogP contribution is -2.13. The molecule has 1 aliphatic heterocycles. The van der Waals surface area contributed by atoms with E-state index < -0.39 is 0 Å². The van der Waals surface area contributed by atoms with Crippen molar-refractivity contribution < 1.29 is 9.47 Å². The van der Waals surface area contributed by atoms with Gasteiger partial charge in [0.1, 0.15) is 11.5 Å². The molecule has 1 aromatic carbocycles. The fourth-order valence-electron chi connectivity index (χ4n) is 1.81. The molecule has 2 rings (SSSR count). The summed E-state index contributed by atoms with van der Waals surface area (Å²) in [4.78, 5) is 3.64. The molecule has 4 heteroatoms. The van der Waals surface area contributed by atoms with Gasteiger partial charge in [0, 0.05) is 24.4 Å². The Hall–Kier alpha value is -1.29. The van der Waals surface area contributed by atoms with Gasteiger partial charge in [-0.3, -0.25) is 0 Å². The van der Waals surface area contributed by atoms with Crippen LogP contribution in [0.3, 0.4) is 0 Å². The maximum atomic E-state index is 5.39. The highest BCUT2D eigenvalue weighted by molar-refractivity contribution is 8.03. The summed E-state index contributed by atoms with van der Waals surface area (Å²) in [5.41, 5.74) is 1.18. The fraction of sp³-hybridized carbons (Fsp3) is 0.385. The Balaban J connectivity index is 2.15. The molecule has 17 heavy (non-hydrogen) atoms. The van der Waals surface area contributed by atoms with Gasteiger partial charge < -0.3 is 14.4 Å². The van der Waals surface area contributed by atoms with Crippen molar-refractivity contribution in [2.24, 2.45) is 0 Å². The van der Waals surface area contributed by atoms with Crippen LogP contribution in [-0.4, -0.2) is 25.0 Å². The summed E-state index contributed by atoms with van der Waals surface area (Å²) in [5.74, 6) is 2.72. The molecule has 0 fully saturated rings. The Kier molecular flexibility index (Phi) is 3.84. The van der Waals surface area contributed by atoms with Gasteiger partial charge in [-0.1, -0.05) is 0 Å². The van der Waals surface area contributed by atoms with Crippen molar-refractivity contribution in [1.29, 1.82) is 0 Å². The minimum absolute atomic E-state index is 0.827. The molecule has 3 nitrogen and oxygen atoms in total. The highest BCUT2D eigenvalue weighted by Gasteiger charge is 2.13. The summed E-state index contributed by atoms with van der Waals surface area (Å²) in [6.45, 7) is 3.01. The van der Waals surface area contributed by atoms with Crippen LogP contribution in [0.1, 0.15) is 12.5 Å². The van der Waals surface area contributed by atoms with E-state index in [1.807, 2.05) is 23.9 Å². The molecule has 0 spiro atoms. The van der Waals surface area contributed by atoms with Crippen LogP contribution in [-0.2, 0) is 6.54 Å². The van der Waals surface area contributed by atoms with Crippen LogP contribution in [0, 0.1) is 0 Å². The van der Waals surface area contributed by atoms with Crippen LogP contribution in [0.15, 0.2) is 29.3 Å². The Morgan fingerprint density at radius 3 is 2.71 bits per heavy atom. The summed E-state index contributed by atoms with van der Waals surface area (Å²) in [5, 5.41) is 0. The zero-order valence-corrected chi connectivity index (χ0v) is 11.2. The first kappa shape index (κ1) is 12.2. The number of rotatable bonds is 4. The Morgan fingerprint density at radius 1 is 1.29 bits per heavy atom. The molecule has 0 atom stereocenters. The van der Waals surface area contributed by atoms with Crippen molar-refractivity contribution in [2.45, 2.75) is 13.5 Å². The first-order valence-electron chi connectivity index (χ1n) is 5.49. The van der Waals surface area contributed by atoms with Crippen molar-refractivity contribution in [3.8, 4) is 11.5 Å². The van der Waals surface area contributed by atoms with Crippen molar-refractivity contribution >= 4 is 11.8 Å². The predicted molar refractivity (Wildman–Crippen MR) is 71.3 cm³/mol. The maximum absolute atomic E-state index is 5.39. The van der Waals surface area contributed by atoms with Crippen molar-refractivity contribution in [3.05, 3.63) is 34.9 Å². The normalized spacial score (nSPS) is 14.8. The SMILES string of the molecule is COc1ccc(CN2C=C(C)SC2)c(OC)c1. The number of hydrogen-bond donors (Lipinski definition) is 0. The van der Waals surface area contributed by atoms with E-state index in [0.29, 0.717) is 0 Å². The number of methoxy groups -OCH3 is 2. The number of benzene rings is 1. The first-order chi connectivity index (χ1) is 8.22. The minimum atomic E-state index is 0.827. The molecule has 0 aliphatic carbocycles. The van der Waals surface area contributed by atoms with Crippen molar-refractivity contribution in [3.63, 3.8) is 0 Å². The topological polar surface area (TPSA) is 21.7 Å². The number of thioether (sulfide) groups is 1. The van der Waals surface area contributed by atoms with E-state index in [-0.39, 0.29) is 0 Å². The Labute approximate surface area is 106 Å². The second-order valence-electron chi connectivity index (χ2n) is 3.94. The summed E-state index contributed by atoms with van der Waals surface area (Å²) >= 11 is 1.87. The van der Waals surface area contributed by atoms with E-state index in [1.165, 1.54) is 10.5 Å². The van der Waals surface area contributed by atoms with E-state index >= 15 is 0 Å². The highest BCUT2D eigenvalue weighted by atomic mass is 32.2. The largest absolute Gasteiger partial charge is 0.497 e. The van der Waals surface area contributed by atoms with Gasteiger partial charge in [-0.2, -0.15) is 0 Å². The average molecular weight is 251 g/mol. The molecule has 0 saturated heterocycles. The Bertz CT molecular complexity index is 431. The van der Waals surface area contributed by atoms with Crippen LogP contribution in [0.4, 0.5) is 0 Å². The molecular formula is C13H17NO2S. The summed E-state index contributed by atoms with van der Waals surface area (Å²) in [6.07, 6.45) is 2.19. The third-order valence-electron chi connectivity index (χ3n) is 2.69. The monoisotopic (exact) mass is 251 g/mol. The van der Waals surface area contributed by atoms with Crippen LogP contribution in [0.5, 0.6) is 11.5 Å². The van der Waals surface area contributed by atoms with E-state index in [2.05, 4.69) is 24.1 Å². The minimum Gasteiger partial charge on any atom is -0.497 e. The predicted octanol–water partition coefficient (Wildman–Crippen LogP) is 3.07. The van der Waals surface area contributed by atoms with Crippen LogP contribution >= 0.6 is 11.8 Å². The number of allylic oxidation sites excluding steroid dienone is 1.